The first-order chi connectivity index (χ1) is 23.9. The Bertz CT molecular complexity index is 1510. The number of hydrogen-bond acceptors (Lipinski definition) is 7. The number of para-hydroxylation sites is 1. The number of carbonyl (C=O) groups is 2. The van der Waals surface area contributed by atoms with Gasteiger partial charge in [0.2, 0.25) is 0 Å². The predicted molar refractivity (Wildman–Crippen MR) is 190 cm³/mol. The number of likely N-dealkylation sites (N-methyl/N-ethyl adjacent to an activating group) is 1. The minimum atomic E-state index is -4.62. The molecule has 0 unspecified atom stereocenters. The summed E-state index contributed by atoms with van der Waals surface area (Å²) in [5.41, 5.74) is 6.04. The molecule has 3 heterocycles. The number of alkyl halides is 3. The number of nitrogens with two attached hydrogens (primary N) is 1. The van der Waals surface area contributed by atoms with E-state index in [2.05, 4.69) is 38.1 Å². The van der Waals surface area contributed by atoms with Crippen LogP contribution in [-0.2, 0) is 32.5 Å². The van der Waals surface area contributed by atoms with Crippen LogP contribution in [0.3, 0.4) is 0 Å². The molecule has 1 spiro atoms. The number of amides is 2. The number of anilines is 2. The topological polar surface area (TPSA) is 100 Å². The van der Waals surface area contributed by atoms with Crippen LogP contribution in [0.5, 0.6) is 0 Å². The summed E-state index contributed by atoms with van der Waals surface area (Å²) in [5.74, 6) is 0.242. The van der Waals surface area contributed by atoms with Gasteiger partial charge in [0.15, 0.2) is 0 Å². The number of nitrogens with zero attached hydrogens (tertiary/aromatic N) is 3. The lowest BCUT2D eigenvalue weighted by Crippen LogP contribution is -2.50. The van der Waals surface area contributed by atoms with E-state index in [0.29, 0.717) is 43.6 Å². The van der Waals surface area contributed by atoms with E-state index >= 15 is 0 Å². The third-order valence-corrected chi connectivity index (χ3v) is 11.8. The largest absolute Gasteiger partial charge is 0.438 e. The standard InChI is InChI=1S/C37H49BrF3N5O4/c1-44-15-5-16-45(20-19-44)27-11-17-46(18-12-27)34(47)32(24-26-22-29(37(39,40)41)33(42)30(38)23-26)49-21-4-6-25-9-13-36(14-10-25)28-7-2-3-8-31(28)43-35(48)50-36/h2-3,7-8,22-23,25,27,32H,4-6,9-21,24,42H2,1H3,(H,43,48)/t25?,32-,36?/m1/s1. The van der Waals surface area contributed by atoms with Crippen molar-refractivity contribution in [2.24, 2.45) is 5.92 Å². The molecule has 6 rings (SSSR count). The van der Waals surface area contributed by atoms with Crippen molar-refractivity contribution >= 4 is 39.3 Å². The summed E-state index contributed by atoms with van der Waals surface area (Å²) in [6, 6.07) is 10.8. The highest BCUT2D eigenvalue weighted by Gasteiger charge is 2.44. The van der Waals surface area contributed by atoms with Crippen molar-refractivity contribution in [3.05, 3.63) is 57.6 Å². The van der Waals surface area contributed by atoms with Gasteiger partial charge < -0.3 is 25.0 Å². The number of carbonyl (C=O) groups excluding carboxylic acids is 2. The van der Waals surface area contributed by atoms with Crippen molar-refractivity contribution in [1.29, 1.82) is 0 Å². The third kappa shape index (κ3) is 8.59. The molecule has 2 aromatic carbocycles. The summed E-state index contributed by atoms with van der Waals surface area (Å²) >= 11 is 3.19. The van der Waals surface area contributed by atoms with Crippen LogP contribution in [0.25, 0.3) is 0 Å². The Kier molecular flexibility index (Phi) is 11.7. The maximum absolute atomic E-state index is 14.0. The minimum absolute atomic E-state index is 0.0178. The lowest BCUT2D eigenvalue weighted by Gasteiger charge is -2.43. The number of rotatable bonds is 9. The summed E-state index contributed by atoms with van der Waals surface area (Å²) in [7, 11) is 2.15. The summed E-state index contributed by atoms with van der Waals surface area (Å²) in [6.07, 6.45) is 1.79. The van der Waals surface area contributed by atoms with E-state index in [4.69, 9.17) is 15.2 Å². The van der Waals surface area contributed by atoms with Gasteiger partial charge in [0.25, 0.3) is 5.91 Å². The molecule has 0 bridgehead atoms. The zero-order valence-electron chi connectivity index (χ0n) is 28.8. The Morgan fingerprint density at radius 3 is 2.56 bits per heavy atom. The second kappa shape index (κ2) is 15.8. The van der Waals surface area contributed by atoms with E-state index in [1.165, 1.54) is 0 Å². The Hall–Kier alpha value is -2.87. The maximum Gasteiger partial charge on any atom is 0.418 e. The zero-order valence-corrected chi connectivity index (χ0v) is 30.4. The van der Waals surface area contributed by atoms with Crippen molar-refractivity contribution in [3.63, 3.8) is 0 Å². The Balaban J connectivity index is 1.07. The molecule has 1 atom stereocenters. The number of nitrogens with one attached hydrogen (secondary N) is 1. The van der Waals surface area contributed by atoms with E-state index in [0.717, 1.165) is 94.9 Å². The molecule has 3 fully saturated rings. The first-order valence-electron chi connectivity index (χ1n) is 18.0. The highest BCUT2D eigenvalue weighted by molar-refractivity contribution is 9.10. The van der Waals surface area contributed by atoms with Gasteiger partial charge in [-0.3, -0.25) is 15.0 Å². The number of halogens is 4. The number of nitrogen functional groups attached to an aromatic ring is 1. The molecular formula is C37H49BrF3N5O4. The van der Waals surface area contributed by atoms with E-state index in [-0.39, 0.29) is 22.5 Å². The monoisotopic (exact) mass is 763 g/mol. The van der Waals surface area contributed by atoms with Crippen LogP contribution in [0, 0.1) is 5.92 Å². The lowest BCUT2D eigenvalue weighted by atomic mass is 9.73. The summed E-state index contributed by atoms with van der Waals surface area (Å²) < 4.78 is 53.8. The zero-order chi connectivity index (χ0) is 35.5. The van der Waals surface area contributed by atoms with Gasteiger partial charge in [0, 0.05) is 55.3 Å². The normalized spacial score (nSPS) is 24.7. The fraction of sp³-hybridized carbons (Fsp3) is 0.622. The molecule has 2 saturated heterocycles. The van der Waals surface area contributed by atoms with E-state index in [1.54, 1.807) is 6.07 Å². The second-order valence-electron chi connectivity index (χ2n) is 14.5. The smallest absolute Gasteiger partial charge is 0.418 e. The van der Waals surface area contributed by atoms with Gasteiger partial charge in [0.05, 0.1) is 16.9 Å². The molecule has 1 saturated carbocycles. The number of hydrogen-bond donors (Lipinski definition) is 2. The maximum atomic E-state index is 14.0. The van der Waals surface area contributed by atoms with Crippen molar-refractivity contribution in [3.8, 4) is 0 Å². The minimum Gasteiger partial charge on any atom is -0.438 e. The van der Waals surface area contributed by atoms with Gasteiger partial charge in [0.1, 0.15) is 11.7 Å². The number of benzene rings is 2. The Labute approximate surface area is 301 Å². The molecular weight excluding hydrogens is 715 g/mol. The number of ether oxygens (including phenoxy) is 2. The highest BCUT2D eigenvalue weighted by atomic mass is 79.9. The van der Waals surface area contributed by atoms with Gasteiger partial charge in [-0.05, 0) is 124 Å². The highest BCUT2D eigenvalue weighted by Crippen LogP contribution is 2.48. The number of likely N-dealkylation sites (tertiary alicyclic amines) is 1. The van der Waals surface area contributed by atoms with Gasteiger partial charge >= 0.3 is 12.3 Å². The molecule has 2 aromatic rings. The van der Waals surface area contributed by atoms with E-state index in [1.807, 2.05) is 29.2 Å². The van der Waals surface area contributed by atoms with Crippen LogP contribution in [0.2, 0.25) is 0 Å². The molecule has 1 aliphatic carbocycles. The Morgan fingerprint density at radius 1 is 1.08 bits per heavy atom. The lowest BCUT2D eigenvalue weighted by molar-refractivity contribution is -0.145. The molecule has 0 aromatic heterocycles. The van der Waals surface area contributed by atoms with Gasteiger partial charge in [-0.2, -0.15) is 13.2 Å². The molecule has 50 heavy (non-hydrogen) atoms. The molecule has 0 radical (unpaired) electrons. The van der Waals surface area contributed by atoms with Gasteiger partial charge in [-0.1, -0.05) is 18.2 Å². The van der Waals surface area contributed by atoms with Crippen LogP contribution in [-0.4, -0.2) is 91.8 Å². The van der Waals surface area contributed by atoms with Crippen molar-refractivity contribution in [2.45, 2.75) is 88.1 Å². The molecule has 2 amide bonds. The van der Waals surface area contributed by atoms with Crippen LogP contribution in [0.15, 0.2) is 40.9 Å². The molecule has 274 valence electrons. The average molecular weight is 765 g/mol. The third-order valence-electron chi connectivity index (χ3n) is 11.2. The summed E-state index contributed by atoms with van der Waals surface area (Å²) in [4.78, 5) is 33.0. The fourth-order valence-electron chi connectivity index (χ4n) is 8.30. The second-order valence-corrected chi connectivity index (χ2v) is 15.3. The van der Waals surface area contributed by atoms with Crippen LogP contribution in [0.1, 0.15) is 74.5 Å². The molecule has 4 aliphatic rings. The number of piperidine rings is 1. The Morgan fingerprint density at radius 2 is 1.82 bits per heavy atom. The summed E-state index contributed by atoms with van der Waals surface area (Å²) in [5, 5.41) is 2.81. The molecule has 9 nitrogen and oxygen atoms in total. The quantitative estimate of drug-likeness (QED) is 0.209. The van der Waals surface area contributed by atoms with Crippen LogP contribution < -0.4 is 11.1 Å². The predicted octanol–water partition coefficient (Wildman–Crippen LogP) is 7.03. The van der Waals surface area contributed by atoms with E-state index in [9.17, 15) is 22.8 Å². The van der Waals surface area contributed by atoms with Gasteiger partial charge in [-0.15, -0.1) is 0 Å². The molecule has 3 N–H and O–H groups in total. The van der Waals surface area contributed by atoms with Crippen molar-refractivity contribution in [1.82, 2.24) is 14.7 Å². The first-order valence-corrected chi connectivity index (χ1v) is 18.8. The first kappa shape index (κ1) is 36.9. The van der Waals surface area contributed by atoms with Crippen molar-refractivity contribution in [2.75, 3.05) is 64.0 Å². The van der Waals surface area contributed by atoms with Gasteiger partial charge in [-0.25, -0.2) is 4.79 Å². The van der Waals surface area contributed by atoms with Crippen LogP contribution >= 0.6 is 15.9 Å². The van der Waals surface area contributed by atoms with Crippen LogP contribution in [0.4, 0.5) is 29.3 Å². The fourth-order valence-corrected chi connectivity index (χ4v) is 8.81. The molecule has 3 aliphatic heterocycles. The summed E-state index contributed by atoms with van der Waals surface area (Å²) in [6.45, 7) is 5.72. The van der Waals surface area contributed by atoms with Crippen molar-refractivity contribution < 1.29 is 32.2 Å². The SMILES string of the molecule is CN1CCCN(C2CCN(C(=O)[C@@H](Cc3cc(Br)c(N)c(C(F)(F)F)c3)OCCCC3CCC4(CC3)OC(=O)Nc3ccccc34)CC2)CC1. The van der Waals surface area contributed by atoms with E-state index < -0.39 is 29.5 Å². The molecule has 13 heteroatoms. The average Bonchev–Trinajstić information content (AvgIpc) is 3.32. The number of fused-ring (bicyclic) bond motifs is 2.